The molecule has 2 aromatic rings. The fourth-order valence-corrected chi connectivity index (χ4v) is 3.66. The Balaban J connectivity index is 1.77. The van der Waals surface area contributed by atoms with Crippen LogP contribution < -0.4 is 5.32 Å². The highest BCUT2D eigenvalue weighted by molar-refractivity contribution is 7.15. The van der Waals surface area contributed by atoms with Gasteiger partial charge in [0.25, 0.3) is 5.91 Å². The molecule has 1 unspecified atom stereocenters. The Labute approximate surface area is 127 Å². The van der Waals surface area contributed by atoms with Gasteiger partial charge in [-0.3, -0.25) is 10.1 Å². The van der Waals surface area contributed by atoms with Crippen LogP contribution in [0.3, 0.4) is 0 Å². The number of rotatable bonds is 2. The van der Waals surface area contributed by atoms with Crippen molar-refractivity contribution >= 4 is 22.4 Å². The van der Waals surface area contributed by atoms with Crippen molar-refractivity contribution in [2.45, 2.75) is 26.2 Å². The van der Waals surface area contributed by atoms with Crippen LogP contribution in [0.25, 0.3) is 0 Å². The molecule has 5 heteroatoms. The highest BCUT2D eigenvalue weighted by Gasteiger charge is 2.20. The number of amides is 1. The monoisotopic (exact) mass is 297 g/mol. The second kappa shape index (κ2) is 5.66. The normalized spacial score (nSPS) is 16.9. The van der Waals surface area contributed by atoms with E-state index in [4.69, 9.17) is 5.26 Å². The predicted molar refractivity (Wildman–Crippen MR) is 82.4 cm³/mol. The first-order chi connectivity index (χ1) is 10.2. The Bertz CT molecular complexity index is 729. The fourth-order valence-electron chi connectivity index (χ4n) is 2.49. The highest BCUT2D eigenvalue weighted by Crippen LogP contribution is 2.32. The number of aryl methyl sites for hydroxylation is 1. The van der Waals surface area contributed by atoms with E-state index in [1.165, 1.54) is 4.88 Å². The molecule has 0 fully saturated rings. The molecule has 21 heavy (non-hydrogen) atoms. The molecular formula is C16H15N3OS. The molecule has 1 aromatic carbocycles. The smallest absolute Gasteiger partial charge is 0.257 e. The van der Waals surface area contributed by atoms with E-state index in [2.05, 4.69) is 17.2 Å². The third-order valence-electron chi connectivity index (χ3n) is 3.66. The van der Waals surface area contributed by atoms with Gasteiger partial charge in [0.2, 0.25) is 0 Å². The summed E-state index contributed by atoms with van der Waals surface area (Å²) in [6.45, 7) is 2.24. The molecule has 1 amide bonds. The molecule has 1 aliphatic carbocycles. The van der Waals surface area contributed by atoms with Crippen LogP contribution in [0.15, 0.2) is 24.3 Å². The summed E-state index contributed by atoms with van der Waals surface area (Å²) in [6, 6.07) is 8.72. The number of carbonyl (C=O) groups is 1. The van der Waals surface area contributed by atoms with Crippen molar-refractivity contribution in [3.63, 3.8) is 0 Å². The number of nitrogens with zero attached hydrogens (tertiary/aromatic N) is 2. The largest absolute Gasteiger partial charge is 0.298 e. The quantitative estimate of drug-likeness (QED) is 0.924. The van der Waals surface area contributed by atoms with Crippen molar-refractivity contribution in [3.05, 3.63) is 46.0 Å². The van der Waals surface area contributed by atoms with Crippen LogP contribution in [0.2, 0.25) is 0 Å². The summed E-state index contributed by atoms with van der Waals surface area (Å²) in [4.78, 5) is 18.0. The van der Waals surface area contributed by atoms with Crippen LogP contribution in [-0.4, -0.2) is 10.9 Å². The van der Waals surface area contributed by atoms with E-state index < -0.39 is 0 Å². The highest BCUT2D eigenvalue weighted by atomic mass is 32.1. The van der Waals surface area contributed by atoms with Crippen molar-refractivity contribution in [1.82, 2.24) is 4.98 Å². The van der Waals surface area contributed by atoms with Gasteiger partial charge >= 0.3 is 0 Å². The summed E-state index contributed by atoms with van der Waals surface area (Å²) in [6.07, 6.45) is 3.20. The zero-order valence-corrected chi connectivity index (χ0v) is 12.5. The third kappa shape index (κ3) is 2.96. The molecule has 0 bridgehead atoms. The fraction of sp³-hybridized carbons (Fsp3) is 0.312. The van der Waals surface area contributed by atoms with Gasteiger partial charge in [-0.15, -0.1) is 11.3 Å². The van der Waals surface area contributed by atoms with Gasteiger partial charge in [-0.1, -0.05) is 13.0 Å². The van der Waals surface area contributed by atoms with Crippen molar-refractivity contribution in [1.29, 1.82) is 5.26 Å². The second-order valence-corrected chi connectivity index (χ2v) is 6.47. The second-order valence-electron chi connectivity index (χ2n) is 5.38. The number of aromatic nitrogens is 1. The number of fused-ring (bicyclic) bond motifs is 1. The molecule has 3 rings (SSSR count). The number of hydrogen-bond acceptors (Lipinski definition) is 4. The minimum Gasteiger partial charge on any atom is -0.298 e. The minimum atomic E-state index is -0.216. The van der Waals surface area contributed by atoms with E-state index in [-0.39, 0.29) is 5.91 Å². The van der Waals surface area contributed by atoms with Crippen LogP contribution in [-0.2, 0) is 12.8 Å². The first kappa shape index (κ1) is 13.8. The Morgan fingerprint density at radius 3 is 3.19 bits per heavy atom. The molecule has 0 saturated carbocycles. The average molecular weight is 297 g/mol. The molecule has 4 nitrogen and oxygen atoms in total. The Morgan fingerprint density at radius 2 is 2.38 bits per heavy atom. The Kier molecular flexibility index (Phi) is 3.72. The van der Waals surface area contributed by atoms with Gasteiger partial charge in [0.1, 0.15) is 0 Å². The first-order valence-electron chi connectivity index (χ1n) is 6.96. The zero-order chi connectivity index (χ0) is 14.8. The lowest BCUT2D eigenvalue weighted by Crippen LogP contribution is -2.12. The molecule has 1 atom stereocenters. The molecule has 1 N–H and O–H groups in total. The van der Waals surface area contributed by atoms with Crippen LogP contribution >= 0.6 is 11.3 Å². The molecule has 106 valence electrons. The van der Waals surface area contributed by atoms with E-state index in [0.717, 1.165) is 25.0 Å². The van der Waals surface area contributed by atoms with E-state index in [0.29, 0.717) is 22.2 Å². The molecule has 0 saturated heterocycles. The van der Waals surface area contributed by atoms with Crippen LogP contribution in [0, 0.1) is 17.2 Å². The lowest BCUT2D eigenvalue weighted by atomic mass is 9.93. The van der Waals surface area contributed by atoms with Crippen molar-refractivity contribution in [2.24, 2.45) is 5.92 Å². The number of anilines is 1. The third-order valence-corrected chi connectivity index (χ3v) is 4.70. The minimum absolute atomic E-state index is 0.216. The molecule has 0 aliphatic heterocycles. The Morgan fingerprint density at radius 1 is 1.52 bits per heavy atom. The standard InChI is InChI=1S/C16H15N3OS/c1-10-5-6-13-14(7-10)21-16(18-13)19-15(20)12-4-2-3-11(8-12)9-17/h2-4,8,10H,5-7H2,1H3,(H,18,19,20). The summed E-state index contributed by atoms with van der Waals surface area (Å²) in [5.41, 5.74) is 2.09. The zero-order valence-electron chi connectivity index (χ0n) is 11.7. The summed E-state index contributed by atoms with van der Waals surface area (Å²) in [5, 5.41) is 12.4. The maximum atomic E-state index is 12.2. The molecule has 1 aliphatic rings. The maximum absolute atomic E-state index is 12.2. The van der Waals surface area contributed by atoms with Crippen LogP contribution in [0.1, 0.15) is 39.8 Å². The van der Waals surface area contributed by atoms with E-state index in [1.54, 1.807) is 35.6 Å². The van der Waals surface area contributed by atoms with E-state index >= 15 is 0 Å². The average Bonchev–Trinajstić information content (AvgIpc) is 2.88. The number of hydrogen-bond donors (Lipinski definition) is 1. The molecule has 1 heterocycles. The molecule has 1 aromatic heterocycles. The number of nitrogens with one attached hydrogen (secondary N) is 1. The van der Waals surface area contributed by atoms with Crippen molar-refractivity contribution in [3.8, 4) is 6.07 Å². The number of thiazole rings is 1. The number of nitriles is 1. The van der Waals surface area contributed by atoms with Gasteiger partial charge in [-0.2, -0.15) is 5.26 Å². The van der Waals surface area contributed by atoms with Gasteiger partial charge in [-0.25, -0.2) is 4.98 Å². The number of carbonyl (C=O) groups excluding carboxylic acids is 1. The van der Waals surface area contributed by atoms with E-state index in [9.17, 15) is 4.79 Å². The Hall–Kier alpha value is -2.19. The number of benzene rings is 1. The summed E-state index contributed by atoms with van der Waals surface area (Å²) in [7, 11) is 0. The SMILES string of the molecule is CC1CCc2nc(NC(=O)c3cccc(C#N)c3)sc2C1. The van der Waals surface area contributed by atoms with Gasteiger partial charge in [0.05, 0.1) is 17.3 Å². The maximum Gasteiger partial charge on any atom is 0.257 e. The van der Waals surface area contributed by atoms with Gasteiger partial charge in [-0.05, 0) is 43.4 Å². The van der Waals surface area contributed by atoms with Gasteiger partial charge < -0.3 is 0 Å². The van der Waals surface area contributed by atoms with Crippen LogP contribution in [0.5, 0.6) is 0 Å². The van der Waals surface area contributed by atoms with Gasteiger partial charge in [0.15, 0.2) is 5.13 Å². The topological polar surface area (TPSA) is 65.8 Å². The van der Waals surface area contributed by atoms with Crippen molar-refractivity contribution < 1.29 is 4.79 Å². The first-order valence-corrected chi connectivity index (χ1v) is 7.77. The van der Waals surface area contributed by atoms with Gasteiger partial charge in [0, 0.05) is 10.4 Å². The summed E-state index contributed by atoms with van der Waals surface area (Å²) < 4.78 is 0. The lowest BCUT2D eigenvalue weighted by molar-refractivity contribution is 0.102. The summed E-state index contributed by atoms with van der Waals surface area (Å²) >= 11 is 1.56. The molecule has 0 radical (unpaired) electrons. The van der Waals surface area contributed by atoms with Crippen LogP contribution in [0.4, 0.5) is 5.13 Å². The molecule has 0 spiro atoms. The predicted octanol–water partition coefficient (Wildman–Crippen LogP) is 3.39. The van der Waals surface area contributed by atoms with Crippen molar-refractivity contribution in [2.75, 3.05) is 5.32 Å². The summed E-state index contributed by atoms with van der Waals surface area (Å²) in [5.74, 6) is 0.472. The molecular weight excluding hydrogens is 282 g/mol. The van der Waals surface area contributed by atoms with E-state index in [1.807, 2.05) is 6.07 Å². The lowest BCUT2D eigenvalue weighted by Gasteiger charge is -2.15.